The molecule has 0 amide bonds. The second-order valence-electron chi connectivity index (χ2n) is 4.05. The lowest BCUT2D eigenvalue weighted by atomic mass is 10.1. The number of halogens is 1. The Bertz CT molecular complexity index is 370. The van der Waals surface area contributed by atoms with Crippen LogP contribution in [0.3, 0.4) is 0 Å². The third-order valence-corrected chi connectivity index (χ3v) is 3.36. The van der Waals surface area contributed by atoms with Crippen molar-refractivity contribution >= 4 is 10.8 Å². The monoisotopic (exact) mass is 243 g/mol. The van der Waals surface area contributed by atoms with E-state index in [0.29, 0.717) is 11.3 Å². The Morgan fingerprint density at radius 2 is 2.00 bits per heavy atom. The van der Waals surface area contributed by atoms with Gasteiger partial charge in [-0.3, -0.25) is 4.21 Å². The van der Waals surface area contributed by atoms with Gasteiger partial charge < -0.3 is 5.32 Å². The van der Waals surface area contributed by atoms with Gasteiger partial charge in [0, 0.05) is 40.5 Å². The van der Waals surface area contributed by atoms with E-state index in [1.54, 1.807) is 18.4 Å². The summed E-state index contributed by atoms with van der Waals surface area (Å²) in [5, 5.41) is 3.24. The van der Waals surface area contributed by atoms with Crippen molar-refractivity contribution in [3.8, 4) is 0 Å². The van der Waals surface area contributed by atoms with Gasteiger partial charge in [-0.15, -0.1) is 0 Å². The molecule has 0 spiro atoms. The van der Waals surface area contributed by atoms with Gasteiger partial charge >= 0.3 is 0 Å². The Morgan fingerprint density at radius 3 is 2.56 bits per heavy atom. The van der Waals surface area contributed by atoms with Crippen LogP contribution in [0.4, 0.5) is 4.39 Å². The van der Waals surface area contributed by atoms with Gasteiger partial charge in [0.25, 0.3) is 0 Å². The molecule has 0 aromatic heterocycles. The zero-order chi connectivity index (χ0) is 12.1. The minimum absolute atomic E-state index is 0.0697. The first kappa shape index (κ1) is 13.3. The fourth-order valence-corrected chi connectivity index (χ4v) is 2.54. The molecule has 0 aliphatic heterocycles. The molecule has 0 bridgehead atoms. The van der Waals surface area contributed by atoms with Crippen LogP contribution in [0.5, 0.6) is 0 Å². The fraction of sp³-hybridized carbons (Fsp3) is 0.500. The van der Waals surface area contributed by atoms with Gasteiger partial charge in [0.1, 0.15) is 5.82 Å². The highest BCUT2D eigenvalue weighted by Crippen LogP contribution is 2.16. The molecular formula is C12H18FNOS. The van der Waals surface area contributed by atoms with Crippen LogP contribution < -0.4 is 5.32 Å². The molecule has 1 rings (SSSR count). The van der Waals surface area contributed by atoms with Crippen LogP contribution in [0.2, 0.25) is 0 Å². The van der Waals surface area contributed by atoms with E-state index >= 15 is 0 Å². The van der Waals surface area contributed by atoms with Crippen molar-refractivity contribution in [3.63, 3.8) is 0 Å². The van der Waals surface area contributed by atoms with Crippen LogP contribution in [0.1, 0.15) is 25.5 Å². The van der Waals surface area contributed by atoms with Crippen molar-refractivity contribution in [2.75, 3.05) is 12.0 Å². The van der Waals surface area contributed by atoms with Crippen molar-refractivity contribution in [3.05, 3.63) is 35.6 Å². The SMILES string of the molecule is CC(CS(C)=O)NC(C)c1ccccc1F. The second-order valence-corrected chi connectivity index (χ2v) is 5.53. The maximum absolute atomic E-state index is 13.5. The molecule has 1 N–H and O–H groups in total. The largest absolute Gasteiger partial charge is 0.307 e. The van der Waals surface area contributed by atoms with Crippen LogP contribution in [0, 0.1) is 5.82 Å². The van der Waals surface area contributed by atoms with Crippen molar-refractivity contribution in [1.82, 2.24) is 5.32 Å². The predicted molar refractivity (Wildman–Crippen MR) is 66.3 cm³/mol. The molecule has 16 heavy (non-hydrogen) atoms. The van der Waals surface area contributed by atoms with E-state index in [-0.39, 0.29) is 17.9 Å². The second kappa shape index (κ2) is 6.11. The topological polar surface area (TPSA) is 29.1 Å². The summed E-state index contributed by atoms with van der Waals surface area (Å²) in [7, 11) is -0.830. The van der Waals surface area contributed by atoms with Gasteiger partial charge in [-0.05, 0) is 19.9 Å². The molecule has 0 heterocycles. The van der Waals surface area contributed by atoms with E-state index in [4.69, 9.17) is 0 Å². The van der Waals surface area contributed by atoms with Crippen molar-refractivity contribution in [2.24, 2.45) is 0 Å². The molecule has 3 atom stereocenters. The molecule has 2 nitrogen and oxygen atoms in total. The lowest BCUT2D eigenvalue weighted by molar-refractivity contribution is 0.485. The van der Waals surface area contributed by atoms with E-state index in [9.17, 15) is 8.60 Å². The third kappa shape index (κ3) is 4.02. The Hall–Kier alpha value is -0.740. The Labute approximate surface area is 98.7 Å². The average molecular weight is 243 g/mol. The normalized spacial score (nSPS) is 16.8. The van der Waals surface area contributed by atoms with Gasteiger partial charge in [0.2, 0.25) is 0 Å². The number of hydrogen-bond acceptors (Lipinski definition) is 2. The van der Waals surface area contributed by atoms with Crippen molar-refractivity contribution < 1.29 is 8.60 Å². The van der Waals surface area contributed by atoms with E-state index in [1.807, 2.05) is 19.9 Å². The zero-order valence-corrected chi connectivity index (χ0v) is 10.7. The van der Waals surface area contributed by atoms with Crippen molar-refractivity contribution in [1.29, 1.82) is 0 Å². The number of rotatable bonds is 5. The lowest BCUT2D eigenvalue weighted by Gasteiger charge is -2.19. The molecule has 3 unspecified atom stereocenters. The minimum atomic E-state index is -0.830. The van der Waals surface area contributed by atoms with Crippen LogP contribution in [-0.4, -0.2) is 22.3 Å². The molecule has 0 radical (unpaired) electrons. The highest BCUT2D eigenvalue weighted by molar-refractivity contribution is 7.84. The minimum Gasteiger partial charge on any atom is -0.307 e. The molecule has 0 aliphatic carbocycles. The summed E-state index contributed by atoms with van der Waals surface area (Å²) >= 11 is 0. The van der Waals surface area contributed by atoms with Gasteiger partial charge in [0.15, 0.2) is 0 Å². The molecule has 1 aromatic carbocycles. The van der Waals surface area contributed by atoms with Crippen LogP contribution in [0.15, 0.2) is 24.3 Å². The van der Waals surface area contributed by atoms with Gasteiger partial charge in [-0.1, -0.05) is 18.2 Å². The van der Waals surface area contributed by atoms with E-state index in [0.717, 1.165) is 0 Å². The Kier molecular flexibility index (Phi) is 5.09. The summed E-state index contributed by atoms with van der Waals surface area (Å²) in [6.45, 7) is 3.87. The standard InChI is InChI=1S/C12H18FNOS/c1-9(8-16(3)15)14-10(2)11-6-4-5-7-12(11)13/h4-7,9-10,14H,8H2,1-3H3. The third-order valence-electron chi connectivity index (χ3n) is 2.39. The molecule has 0 aliphatic rings. The maximum Gasteiger partial charge on any atom is 0.127 e. The van der Waals surface area contributed by atoms with E-state index in [1.165, 1.54) is 6.07 Å². The number of nitrogens with one attached hydrogen (secondary N) is 1. The summed E-state index contributed by atoms with van der Waals surface area (Å²) < 4.78 is 24.5. The number of hydrogen-bond donors (Lipinski definition) is 1. The average Bonchev–Trinajstić information content (AvgIpc) is 2.16. The van der Waals surface area contributed by atoms with Crippen molar-refractivity contribution in [2.45, 2.75) is 25.9 Å². The first-order valence-electron chi connectivity index (χ1n) is 5.31. The zero-order valence-electron chi connectivity index (χ0n) is 9.87. The summed E-state index contributed by atoms with van der Waals surface area (Å²) in [6.07, 6.45) is 1.67. The summed E-state index contributed by atoms with van der Waals surface area (Å²) in [5.74, 6) is 0.381. The molecule has 0 fully saturated rings. The Morgan fingerprint density at radius 1 is 1.38 bits per heavy atom. The van der Waals surface area contributed by atoms with Gasteiger partial charge in [-0.25, -0.2) is 4.39 Å². The van der Waals surface area contributed by atoms with Crippen LogP contribution >= 0.6 is 0 Å². The molecule has 4 heteroatoms. The van der Waals surface area contributed by atoms with E-state index < -0.39 is 10.8 Å². The van der Waals surface area contributed by atoms with Crippen LogP contribution in [0.25, 0.3) is 0 Å². The fourth-order valence-electron chi connectivity index (χ4n) is 1.74. The molecule has 0 saturated carbocycles. The quantitative estimate of drug-likeness (QED) is 0.859. The predicted octanol–water partition coefficient (Wildman–Crippen LogP) is 2.24. The summed E-state index contributed by atoms with van der Waals surface area (Å²) in [4.78, 5) is 0. The smallest absolute Gasteiger partial charge is 0.127 e. The highest BCUT2D eigenvalue weighted by Gasteiger charge is 2.13. The first-order valence-corrected chi connectivity index (χ1v) is 7.04. The van der Waals surface area contributed by atoms with E-state index in [2.05, 4.69) is 5.32 Å². The summed E-state index contributed by atoms with van der Waals surface area (Å²) in [5.41, 5.74) is 0.649. The molecular weight excluding hydrogens is 225 g/mol. The Balaban J connectivity index is 2.62. The maximum atomic E-state index is 13.5. The molecule has 90 valence electrons. The highest BCUT2D eigenvalue weighted by atomic mass is 32.2. The van der Waals surface area contributed by atoms with Gasteiger partial charge in [0.05, 0.1) is 0 Å². The van der Waals surface area contributed by atoms with Crippen LogP contribution in [-0.2, 0) is 10.8 Å². The number of benzene rings is 1. The first-order chi connectivity index (χ1) is 7.50. The molecule has 0 saturated heterocycles. The summed E-state index contributed by atoms with van der Waals surface area (Å²) in [6, 6.07) is 6.76. The molecule has 1 aromatic rings. The van der Waals surface area contributed by atoms with Gasteiger partial charge in [-0.2, -0.15) is 0 Å². The lowest BCUT2D eigenvalue weighted by Crippen LogP contribution is -2.33.